The van der Waals surface area contributed by atoms with Crippen molar-refractivity contribution in [2.75, 3.05) is 4.90 Å². The topological polar surface area (TPSA) is 40.5 Å². The molecular weight excluding hydrogens is 214 g/mol. The normalized spacial score (nSPS) is 23.4. The van der Waals surface area contributed by atoms with E-state index < -0.39 is 0 Å². The Kier molecular flexibility index (Phi) is 2.35. The number of hydrogen-bond acceptors (Lipinski definition) is 2. The molecule has 1 aliphatic heterocycles. The SMILES string of the molecule is CC1CCc2c(O)cccc2N1C(=O)C1CC1. The lowest BCUT2D eigenvalue weighted by Crippen LogP contribution is -2.43. The van der Waals surface area contributed by atoms with E-state index in [1.54, 1.807) is 6.07 Å². The average molecular weight is 231 g/mol. The lowest BCUT2D eigenvalue weighted by Gasteiger charge is -2.35. The summed E-state index contributed by atoms with van der Waals surface area (Å²) in [5.74, 6) is 0.790. The van der Waals surface area contributed by atoms with Crippen molar-refractivity contribution in [3.63, 3.8) is 0 Å². The maximum Gasteiger partial charge on any atom is 0.230 e. The lowest BCUT2D eigenvalue weighted by molar-refractivity contribution is -0.120. The van der Waals surface area contributed by atoms with Gasteiger partial charge in [0, 0.05) is 17.5 Å². The zero-order valence-corrected chi connectivity index (χ0v) is 10.0. The molecule has 0 saturated heterocycles. The maximum absolute atomic E-state index is 12.3. The Morgan fingerprint density at radius 2 is 2.12 bits per heavy atom. The van der Waals surface area contributed by atoms with Gasteiger partial charge in [-0.25, -0.2) is 0 Å². The van der Waals surface area contributed by atoms with E-state index in [2.05, 4.69) is 6.92 Å². The van der Waals surface area contributed by atoms with Crippen molar-refractivity contribution in [1.82, 2.24) is 0 Å². The number of carbonyl (C=O) groups excluding carboxylic acids is 1. The first kappa shape index (κ1) is 10.6. The summed E-state index contributed by atoms with van der Waals surface area (Å²) in [6.07, 6.45) is 3.84. The van der Waals surface area contributed by atoms with Crippen LogP contribution in [0.5, 0.6) is 5.75 Å². The molecule has 90 valence electrons. The van der Waals surface area contributed by atoms with Crippen LogP contribution in [0.4, 0.5) is 5.69 Å². The fourth-order valence-corrected chi connectivity index (χ4v) is 2.63. The molecule has 1 aromatic rings. The van der Waals surface area contributed by atoms with Crippen molar-refractivity contribution in [1.29, 1.82) is 0 Å². The van der Waals surface area contributed by atoms with Gasteiger partial charge in [0.2, 0.25) is 5.91 Å². The zero-order chi connectivity index (χ0) is 12.0. The third kappa shape index (κ3) is 1.70. The molecule has 2 aliphatic rings. The molecule has 0 radical (unpaired) electrons. The summed E-state index contributed by atoms with van der Waals surface area (Å²) in [5.41, 5.74) is 1.85. The van der Waals surface area contributed by atoms with E-state index in [1.165, 1.54) is 0 Å². The van der Waals surface area contributed by atoms with Crippen LogP contribution in [0.1, 0.15) is 31.7 Å². The highest BCUT2D eigenvalue weighted by molar-refractivity contribution is 5.98. The van der Waals surface area contributed by atoms with Crippen molar-refractivity contribution in [3.8, 4) is 5.75 Å². The fraction of sp³-hybridized carbons (Fsp3) is 0.500. The van der Waals surface area contributed by atoms with E-state index in [4.69, 9.17) is 0 Å². The highest BCUT2D eigenvalue weighted by Gasteiger charge is 2.38. The summed E-state index contributed by atoms with van der Waals surface area (Å²) in [5, 5.41) is 9.86. The molecule has 1 aliphatic carbocycles. The Morgan fingerprint density at radius 1 is 1.35 bits per heavy atom. The van der Waals surface area contributed by atoms with Crippen molar-refractivity contribution in [3.05, 3.63) is 23.8 Å². The number of phenolic OH excluding ortho intramolecular Hbond substituents is 1. The highest BCUT2D eigenvalue weighted by Crippen LogP contribution is 2.40. The maximum atomic E-state index is 12.3. The third-order valence-corrected chi connectivity index (χ3v) is 3.80. The van der Waals surface area contributed by atoms with Crippen LogP contribution in [-0.2, 0) is 11.2 Å². The van der Waals surface area contributed by atoms with Crippen LogP contribution in [0, 0.1) is 5.92 Å². The van der Waals surface area contributed by atoms with Gasteiger partial charge in [-0.2, -0.15) is 0 Å². The van der Waals surface area contributed by atoms with Gasteiger partial charge < -0.3 is 10.0 Å². The second-order valence-electron chi connectivity index (χ2n) is 5.15. The molecule has 1 atom stereocenters. The molecule has 1 aromatic carbocycles. The summed E-state index contributed by atoms with van der Waals surface area (Å²) in [7, 11) is 0. The molecule has 0 spiro atoms. The largest absolute Gasteiger partial charge is 0.508 e. The highest BCUT2D eigenvalue weighted by atomic mass is 16.3. The summed E-state index contributed by atoms with van der Waals surface area (Å²) in [6, 6.07) is 5.72. The summed E-state index contributed by atoms with van der Waals surface area (Å²) in [4.78, 5) is 14.2. The zero-order valence-electron chi connectivity index (χ0n) is 10.0. The summed E-state index contributed by atoms with van der Waals surface area (Å²) < 4.78 is 0. The number of benzene rings is 1. The van der Waals surface area contributed by atoms with Gasteiger partial charge in [0.05, 0.1) is 5.69 Å². The Morgan fingerprint density at radius 3 is 2.82 bits per heavy atom. The van der Waals surface area contributed by atoms with E-state index in [0.29, 0.717) is 5.75 Å². The van der Waals surface area contributed by atoms with Gasteiger partial charge in [-0.05, 0) is 44.7 Å². The Bertz CT molecular complexity index is 465. The summed E-state index contributed by atoms with van der Waals surface area (Å²) >= 11 is 0. The van der Waals surface area contributed by atoms with Crippen molar-refractivity contribution >= 4 is 11.6 Å². The van der Waals surface area contributed by atoms with Crippen LogP contribution in [0.2, 0.25) is 0 Å². The third-order valence-electron chi connectivity index (χ3n) is 3.80. The molecule has 1 heterocycles. The van der Waals surface area contributed by atoms with E-state index in [1.807, 2.05) is 17.0 Å². The van der Waals surface area contributed by atoms with E-state index in [-0.39, 0.29) is 17.9 Å². The first-order valence-corrected chi connectivity index (χ1v) is 6.32. The molecular formula is C14H17NO2. The minimum Gasteiger partial charge on any atom is -0.508 e. The van der Waals surface area contributed by atoms with Crippen LogP contribution in [-0.4, -0.2) is 17.1 Å². The molecule has 3 rings (SSSR count). The molecule has 1 saturated carbocycles. The molecule has 17 heavy (non-hydrogen) atoms. The predicted molar refractivity (Wildman–Crippen MR) is 66.1 cm³/mol. The number of carbonyl (C=O) groups is 1. The predicted octanol–water partition coefficient (Wildman–Crippen LogP) is 2.47. The number of amides is 1. The van der Waals surface area contributed by atoms with Gasteiger partial charge in [-0.1, -0.05) is 6.07 Å². The monoisotopic (exact) mass is 231 g/mol. The molecule has 0 aromatic heterocycles. The van der Waals surface area contributed by atoms with E-state index in [9.17, 15) is 9.90 Å². The van der Waals surface area contributed by atoms with Gasteiger partial charge in [0.15, 0.2) is 0 Å². The van der Waals surface area contributed by atoms with Crippen molar-refractivity contribution < 1.29 is 9.90 Å². The molecule has 1 N–H and O–H groups in total. The van der Waals surface area contributed by atoms with Gasteiger partial charge in [0.25, 0.3) is 0 Å². The number of aromatic hydroxyl groups is 1. The van der Waals surface area contributed by atoms with Gasteiger partial charge >= 0.3 is 0 Å². The molecule has 1 fully saturated rings. The van der Waals surface area contributed by atoms with Crippen molar-refractivity contribution in [2.24, 2.45) is 5.92 Å². The van der Waals surface area contributed by atoms with Gasteiger partial charge in [0.1, 0.15) is 5.75 Å². The van der Waals surface area contributed by atoms with E-state index >= 15 is 0 Å². The molecule has 3 nitrogen and oxygen atoms in total. The second-order valence-corrected chi connectivity index (χ2v) is 5.15. The molecule has 3 heteroatoms. The first-order chi connectivity index (χ1) is 8.18. The van der Waals surface area contributed by atoms with Crippen LogP contribution >= 0.6 is 0 Å². The molecule has 1 unspecified atom stereocenters. The number of phenols is 1. The lowest BCUT2D eigenvalue weighted by atomic mass is 9.95. The van der Waals surface area contributed by atoms with Gasteiger partial charge in [-0.15, -0.1) is 0 Å². The van der Waals surface area contributed by atoms with Gasteiger partial charge in [-0.3, -0.25) is 4.79 Å². The number of anilines is 1. The van der Waals surface area contributed by atoms with Crippen LogP contribution in [0.15, 0.2) is 18.2 Å². The fourth-order valence-electron chi connectivity index (χ4n) is 2.63. The number of hydrogen-bond donors (Lipinski definition) is 1. The van der Waals surface area contributed by atoms with Crippen molar-refractivity contribution in [2.45, 2.75) is 38.6 Å². The van der Waals surface area contributed by atoms with Crippen LogP contribution in [0.3, 0.4) is 0 Å². The Labute approximate surface area is 101 Å². The van der Waals surface area contributed by atoms with Crippen LogP contribution < -0.4 is 4.90 Å². The number of nitrogens with zero attached hydrogens (tertiary/aromatic N) is 1. The standard InChI is InChI=1S/C14H17NO2/c1-9-5-8-11-12(3-2-4-13(11)16)15(9)14(17)10-6-7-10/h2-4,9-10,16H,5-8H2,1H3. The quantitative estimate of drug-likeness (QED) is 0.806. The molecule has 0 bridgehead atoms. The Hall–Kier alpha value is -1.51. The average Bonchev–Trinajstić information content (AvgIpc) is 3.12. The second kappa shape index (κ2) is 3.76. The number of rotatable bonds is 1. The minimum atomic E-state index is 0.228. The minimum absolute atomic E-state index is 0.228. The van der Waals surface area contributed by atoms with Crippen LogP contribution in [0.25, 0.3) is 0 Å². The van der Waals surface area contributed by atoms with E-state index in [0.717, 1.165) is 36.9 Å². The summed E-state index contributed by atoms with van der Waals surface area (Å²) in [6.45, 7) is 2.09. The number of fused-ring (bicyclic) bond motifs is 1. The Balaban J connectivity index is 2.03. The molecule has 1 amide bonds. The first-order valence-electron chi connectivity index (χ1n) is 6.32. The smallest absolute Gasteiger partial charge is 0.230 e.